The number of aryl methyl sites for hydroxylation is 2. The maximum absolute atomic E-state index is 6.51. The van der Waals surface area contributed by atoms with E-state index >= 15 is 0 Å². The predicted octanol–water partition coefficient (Wildman–Crippen LogP) is 2.99. The minimum Gasteiger partial charge on any atom is -0.311 e. The van der Waals surface area contributed by atoms with E-state index in [1.165, 1.54) is 19.3 Å². The van der Waals surface area contributed by atoms with Crippen LogP contribution in [0.5, 0.6) is 0 Å². The molecule has 1 aliphatic rings. The van der Waals surface area contributed by atoms with Gasteiger partial charge in [-0.25, -0.2) is 0 Å². The molecule has 1 aliphatic heterocycles. The van der Waals surface area contributed by atoms with Gasteiger partial charge in [-0.3, -0.25) is 9.58 Å². The summed E-state index contributed by atoms with van der Waals surface area (Å²) in [5.41, 5.74) is 2.17. The zero-order valence-corrected chi connectivity index (χ0v) is 14.6. The average Bonchev–Trinajstić information content (AvgIpc) is 2.75. The number of rotatable bonds is 6. The summed E-state index contributed by atoms with van der Waals surface area (Å²) in [6.45, 7) is 9.72. The molecule has 1 aromatic rings. The van der Waals surface area contributed by atoms with Gasteiger partial charge in [-0.15, -0.1) is 0 Å². The van der Waals surface area contributed by atoms with Gasteiger partial charge in [-0.2, -0.15) is 5.10 Å². The van der Waals surface area contributed by atoms with Gasteiger partial charge in [0, 0.05) is 38.8 Å². The highest BCUT2D eigenvalue weighted by Gasteiger charge is 2.28. The second-order valence-electron chi connectivity index (χ2n) is 6.07. The Balaban J connectivity index is 2.13. The second-order valence-corrected chi connectivity index (χ2v) is 6.45. The SMILES string of the molecule is CCCC1CN(Cc2c(Cl)c(CC)nn2C)C(CC)CN1. The summed E-state index contributed by atoms with van der Waals surface area (Å²) in [6.07, 6.45) is 4.53. The van der Waals surface area contributed by atoms with Crippen LogP contribution in [-0.4, -0.2) is 39.9 Å². The predicted molar refractivity (Wildman–Crippen MR) is 88.8 cm³/mol. The minimum absolute atomic E-state index is 0.592. The van der Waals surface area contributed by atoms with E-state index in [0.29, 0.717) is 12.1 Å². The Morgan fingerprint density at radius 2 is 2.10 bits per heavy atom. The fourth-order valence-corrected chi connectivity index (χ4v) is 3.60. The number of nitrogens with zero attached hydrogens (tertiary/aromatic N) is 3. The molecule has 2 atom stereocenters. The van der Waals surface area contributed by atoms with Gasteiger partial charge >= 0.3 is 0 Å². The maximum Gasteiger partial charge on any atom is 0.0863 e. The summed E-state index contributed by atoms with van der Waals surface area (Å²) < 4.78 is 1.96. The van der Waals surface area contributed by atoms with Crippen LogP contribution in [0.15, 0.2) is 0 Å². The highest BCUT2D eigenvalue weighted by molar-refractivity contribution is 6.31. The lowest BCUT2D eigenvalue weighted by atomic mass is 10.0. The van der Waals surface area contributed by atoms with Crippen LogP contribution < -0.4 is 5.32 Å². The molecule has 0 saturated carbocycles. The van der Waals surface area contributed by atoms with Gasteiger partial charge < -0.3 is 5.32 Å². The van der Waals surface area contributed by atoms with Crippen molar-refractivity contribution in [1.29, 1.82) is 0 Å². The molecule has 1 fully saturated rings. The Labute approximate surface area is 133 Å². The zero-order chi connectivity index (χ0) is 15.4. The lowest BCUT2D eigenvalue weighted by molar-refractivity contribution is 0.113. The third kappa shape index (κ3) is 3.79. The molecule has 5 heteroatoms. The lowest BCUT2D eigenvalue weighted by Gasteiger charge is -2.40. The molecule has 0 radical (unpaired) electrons. The van der Waals surface area contributed by atoms with Gasteiger partial charge in [0.15, 0.2) is 0 Å². The summed E-state index contributed by atoms with van der Waals surface area (Å²) in [5, 5.41) is 9.09. The first-order chi connectivity index (χ1) is 10.1. The molecule has 1 aromatic heterocycles. The van der Waals surface area contributed by atoms with E-state index in [9.17, 15) is 0 Å². The molecule has 0 bridgehead atoms. The molecule has 2 heterocycles. The van der Waals surface area contributed by atoms with Crippen molar-refractivity contribution in [2.24, 2.45) is 7.05 Å². The van der Waals surface area contributed by atoms with Crippen molar-refractivity contribution in [2.45, 2.75) is 65.1 Å². The third-order valence-corrected chi connectivity index (χ3v) is 5.01. The van der Waals surface area contributed by atoms with E-state index in [-0.39, 0.29) is 0 Å². The highest BCUT2D eigenvalue weighted by atomic mass is 35.5. The number of hydrogen-bond donors (Lipinski definition) is 1. The van der Waals surface area contributed by atoms with Gasteiger partial charge in [-0.1, -0.05) is 38.8 Å². The smallest absolute Gasteiger partial charge is 0.0863 e. The van der Waals surface area contributed by atoms with Crippen LogP contribution in [0.4, 0.5) is 0 Å². The molecule has 1 saturated heterocycles. The Morgan fingerprint density at radius 3 is 2.67 bits per heavy atom. The second kappa shape index (κ2) is 7.61. The molecule has 4 nitrogen and oxygen atoms in total. The van der Waals surface area contributed by atoms with Gasteiger partial charge in [0.05, 0.1) is 16.4 Å². The summed E-state index contributed by atoms with van der Waals surface area (Å²) in [7, 11) is 2.01. The number of halogens is 1. The van der Waals surface area contributed by atoms with E-state index in [1.54, 1.807) is 0 Å². The number of piperazine rings is 1. The number of aromatic nitrogens is 2. The first-order valence-corrected chi connectivity index (χ1v) is 8.66. The van der Waals surface area contributed by atoms with Crippen molar-refractivity contribution in [1.82, 2.24) is 20.0 Å². The molecule has 1 N–H and O–H groups in total. The van der Waals surface area contributed by atoms with Gasteiger partial charge in [-0.05, 0) is 19.3 Å². The zero-order valence-electron chi connectivity index (χ0n) is 13.8. The van der Waals surface area contributed by atoms with Crippen LogP contribution in [0, 0.1) is 0 Å². The first kappa shape index (κ1) is 16.8. The number of nitrogens with one attached hydrogen (secondary N) is 1. The Kier molecular flexibility index (Phi) is 6.08. The normalized spacial score (nSPS) is 23.7. The van der Waals surface area contributed by atoms with Crippen LogP contribution >= 0.6 is 11.6 Å². The van der Waals surface area contributed by atoms with E-state index in [0.717, 1.165) is 42.5 Å². The van der Waals surface area contributed by atoms with E-state index < -0.39 is 0 Å². The standard InChI is InChI=1S/C16H29ClN4/c1-5-8-12-10-21(13(6-2)9-18-12)11-15-16(17)14(7-3)19-20(15)4/h12-13,18H,5-11H2,1-4H3. The monoisotopic (exact) mass is 312 g/mol. The molecule has 0 aromatic carbocycles. The molecule has 2 unspecified atom stereocenters. The van der Waals surface area contributed by atoms with Crippen LogP contribution in [0.3, 0.4) is 0 Å². The van der Waals surface area contributed by atoms with Crippen molar-refractivity contribution < 1.29 is 0 Å². The molecule has 21 heavy (non-hydrogen) atoms. The van der Waals surface area contributed by atoms with Crippen LogP contribution in [0.1, 0.15) is 51.4 Å². The molecule has 2 rings (SSSR count). The molecule has 0 amide bonds. The quantitative estimate of drug-likeness (QED) is 0.876. The fraction of sp³-hybridized carbons (Fsp3) is 0.812. The summed E-state index contributed by atoms with van der Waals surface area (Å²) in [4.78, 5) is 2.58. The lowest BCUT2D eigenvalue weighted by Crippen LogP contribution is -2.55. The maximum atomic E-state index is 6.51. The molecular weight excluding hydrogens is 284 g/mol. The van der Waals surface area contributed by atoms with E-state index in [4.69, 9.17) is 11.6 Å². The van der Waals surface area contributed by atoms with Gasteiger partial charge in [0.25, 0.3) is 0 Å². The Hall–Kier alpha value is -0.580. The highest BCUT2D eigenvalue weighted by Crippen LogP contribution is 2.24. The van der Waals surface area contributed by atoms with Crippen molar-refractivity contribution in [3.8, 4) is 0 Å². The van der Waals surface area contributed by atoms with Crippen molar-refractivity contribution in [3.63, 3.8) is 0 Å². The Morgan fingerprint density at radius 1 is 1.33 bits per heavy atom. The van der Waals surface area contributed by atoms with Gasteiger partial charge in [0.2, 0.25) is 0 Å². The van der Waals surface area contributed by atoms with Crippen LogP contribution in [0.2, 0.25) is 5.02 Å². The number of hydrogen-bond acceptors (Lipinski definition) is 3. The van der Waals surface area contributed by atoms with Crippen LogP contribution in [0.25, 0.3) is 0 Å². The van der Waals surface area contributed by atoms with Crippen molar-refractivity contribution >= 4 is 11.6 Å². The largest absolute Gasteiger partial charge is 0.311 e. The molecule has 120 valence electrons. The van der Waals surface area contributed by atoms with Crippen LogP contribution in [-0.2, 0) is 20.0 Å². The molecular formula is C16H29ClN4. The Bertz CT molecular complexity index is 457. The summed E-state index contributed by atoms with van der Waals surface area (Å²) in [6, 6.07) is 1.20. The van der Waals surface area contributed by atoms with Gasteiger partial charge in [0.1, 0.15) is 0 Å². The molecule has 0 aliphatic carbocycles. The van der Waals surface area contributed by atoms with E-state index in [1.807, 2.05) is 11.7 Å². The van der Waals surface area contributed by atoms with Crippen molar-refractivity contribution in [3.05, 3.63) is 16.4 Å². The summed E-state index contributed by atoms with van der Waals surface area (Å²) >= 11 is 6.51. The topological polar surface area (TPSA) is 33.1 Å². The molecule has 0 spiro atoms. The van der Waals surface area contributed by atoms with E-state index in [2.05, 4.69) is 36.1 Å². The fourth-order valence-electron chi connectivity index (χ4n) is 3.25. The third-order valence-electron chi connectivity index (χ3n) is 4.58. The first-order valence-electron chi connectivity index (χ1n) is 8.28. The van der Waals surface area contributed by atoms with Crippen molar-refractivity contribution in [2.75, 3.05) is 13.1 Å². The summed E-state index contributed by atoms with van der Waals surface area (Å²) in [5.74, 6) is 0. The minimum atomic E-state index is 0.592. The average molecular weight is 313 g/mol.